The molecule has 37 heavy (non-hydrogen) atoms. The van der Waals surface area contributed by atoms with Gasteiger partial charge in [-0.25, -0.2) is 18.7 Å². The number of aliphatic hydroxyl groups excluding tert-OH is 1. The summed E-state index contributed by atoms with van der Waals surface area (Å²) in [7, 11) is -16.9. The first-order valence-corrected chi connectivity index (χ1v) is 12.9. The number of phosphoric acid groups is 3. The van der Waals surface area contributed by atoms with Crippen molar-refractivity contribution in [2.75, 3.05) is 12.3 Å². The van der Waals surface area contributed by atoms with Crippen LogP contribution in [-0.4, -0.2) is 62.5 Å². The molecule has 2 aromatic rings. The lowest BCUT2D eigenvalue weighted by molar-refractivity contribution is -0.0874. The van der Waals surface area contributed by atoms with Crippen LogP contribution in [0.4, 0.5) is 10.2 Å². The molecule has 25 heteroatoms. The Morgan fingerprint density at radius 1 is 1.16 bits per heavy atom. The highest BCUT2D eigenvalue weighted by molar-refractivity contribution is 7.66. The summed E-state index contributed by atoms with van der Waals surface area (Å²) in [5.41, 5.74) is 3.34. The van der Waals surface area contributed by atoms with Crippen LogP contribution >= 0.6 is 23.5 Å². The third-order valence-electron chi connectivity index (χ3n) is 4.14. The average molecular weight is 601 g/mol. The van der Waals surface area contributed by atoms with Gasteiger partial charge < -0.3 is 59.8 Å². The second-order valence-corrected chi connectivity index (χ2v) is 10.8. The van der Waals surface area contributed by atoms with E-state index in [-0.39, 0.29) is 48.0 Å². The molecular weight excluding hydrogens is 574 g/mol. The van der Waals surface area contributed by atoms with Gasteiger partial charge in [0.05, 0.1) is 6.33 Å². The van der Waals surface area contributed by atoms with E-state index >= 15 is 0 Å². The number of phosphoric ester groups is 1. The second kappa shape index (κ2) is 12.7. The molecule has 21 nitrogen and oxygen atoms in total. The molecule has 0 aliphatic carbocycles. The number of nitrogen functional groups attached to an aromatic ring is 1. The highest BCUT2D eigenvalue weighted by atomic mass is 31.3. The summed E-state index contributed by atoms with van der Waals surface area (Å²) in [6, 6.07) is 0. The predicted molar refractivity (Wildman–Crippen MR) is 122 cm³/mol. The molecule has 214 valence electrons. The lowest BCUT2D eigenvalue weighted by Crippen LogP contribution is -2.42. The molecular formula is C12H27FN9O12P3. The first-order valence-electron chi connectivity index (χ1n) is 8.34. The van der Waals surface area contributed by atoms with Gasteiger partial charge in [0.15, 0.2) is 22.6 Å². The minimum Gasteiger partial charge on any atom is -0.389 e. The van der Waals surface area contributed by atoms with E-state index in [0.717, 1.165) is 10.9 Å². The van der Waals surface area contributed by atoms with Gasteiger partial charge >= 0.3 is 29.5 Å². The number of rotatable bonds is 8. The normalized spacial score (nSPS) is 24.2. The fraction of sp³-hybridized carbons (Fsp3) is 0.417. The van der Waals surface area contributed by atoms with E-state index in [2.05, 4.69) is 28.1 Å². The Morgan fingerprint density at radius 2 is 1.76 bits per heavy atom. The van der Waals surface area contributed by atoms with Gasteiger partial charge in [0.2, 0.25) is 0 Å². The molecule has 0 bridgehead atoms. The smallest absolute Gasteiger partial charge is 0.389 e. The van der Waals surface area contributed by atoms with Crippen molar-refractivity contribution in [1.82, 2.24) is 44.1 Å². The number of hydrogen-bond donors (Lipinski definition) is 10. The number of halogens is 1. The Bertz CT molecular complexity index is 1270. The van der Waals surface area contributed by atoms with Crippen molar-refractivity contribution in [3.63, 3.8) is 0 Å². The number of terminal acetylenes is 1. The van der Waals surface area contributed by atoms with Crippen molar-refractivity contribution in [1.29, 1.82) is 0 Å². The highest BCUT2D eigenvalue weighted by Gasteiger charge is 2.51. The Labute approximate surface area is 207 Å². The molecule has 3 heterocycles. The van der Waals surface area contributed by atoms with Gasteiger partial charge in [-0.05, 0) is 0 Å². The minimum atomic E-state index is -5.76. The predicted octanol–water partition coefficient (Wildman–Crippen LogP) is 0.191. The summed E-state index contributed by atoms with van der Waals surface area (Å²) in [5, 5.41) is 10.4. The number of aromatic nitrogens is 4. The number of nitrogens with two attached hydrogens (primary N) is 1. The van der Waals surface area contributed by atoms with Crippen LogP contribution in [0.1, 0.15) is 12.6 Å². The van der Waals surface area contributed by atoms with Gasteiger partial charge in [0.25, 0.3) is 0 Å². The summed E-state index contributed by atoms with van der Waals surface area (Å²) in [6.45, 7) is -1.11. The molecule has 19 N–H and O–H groups in total. The summed E-state index contributed by atoms with van der Waals surface area (Å²) in [6.07, 6.45) is 2.36. The summed E-state index contributed by atoms with van der Waals surface area (Å²) in [4.78, 5) is 46.6. The van der Waals surface area contributed by atoms with Crippen molar-refractivity contribution in [2.24, 2.45) is 0 Å². The first kappa shape index (κ1) is 37.2. The molecule has 1 fully saturated rings. The van der Waals surface area contributed by atoms with Crippen molar-refractivity contribution < 1.29 is 60.6 Å². The zero-order valence-electron chi connectivity index (χ0n) is 18.7. The fourth-order valence-corrected chi connectivity index (χ4v) is 5.87. The van der Waals surface area contributed by atoms with E-state index in [1.165, 1.54) is 0 Å². The van der Waals surface area contributed by atoms with Crippen molar-refractivity contribution in [3.8, 4) is 12.3 Å². The maximum atomic E-state index is 13.6. The van der Waals surface area contributed by atoms with Gasteiger partial charge in [0.1, 0.15) is 18.9 Å². The van der Waals surface area contributed by atoms with E-state index < -0.39 is 54.1 Å². The molecule has 2 unspecified atom stereocenters. The van der Waals surface area contributed by atoms with Crippen molar-refractivity contribution >= 4 is 40.4 Å². The molecule has 1 aliphatic heterocycles. The lowest BCUT2D eigenvalue weighted by atomic mass is 9.99. The van der Waals surface area contributed by atoms with Crippen LogP contribution in [-0.2, 0) is 31.6 Å². The van der Waals surface area contributed by atoms with Crippen molar-refractivity contribution in [2.45, 2.75) is 24.4 Å². The number of ether oxygens (including phenoxy) is 1. The van der Waals surface area contributed by atoms with Gasteiger partial charge in [-0.3, -0.25) is 9.09 Å². The molecule has 0 spiro atoms. The van der Waals surface area contributed by atoms with Crippen LogP contribution in [0.3, 0.4) is 0 Å². The lowest BCUT2D eigenvalue weighted by Gasteiger charge is -2.27. The molecule has 0 saturated carbocycles. The summed E-state index contributed by atoms with van der Waals surface area (Å²) in [5.74, 6) is 1.75. The number of aliphatic hydroxyl groups is 1. The first-order chi connectivity index (χ1) is 15.1. The van der Waals surface area contributed by atoms with E-state index in [4.69, 9.17) is 26.7 Å². The molecule has 0 radical (unpaired) electrons. The van der Waals surface area contributed by atoms with E-state index in [1.54, 1.807) is 0 Å². The van der Waals surface area contributed by atoms with Crippen LogP contribution in [0.2, 0.25) is 0 Å². The number of nitrogens with zero attached hydrogens (tertiary/aromatic N) is 4. The molecule has 5 atom stereocenters. The number of imidazole rings is 1. The molecule has 1 aliphatic rings. The fourth-order valence-electron chi connectivity index (χ4n) is 2.83. The van der Waals surface area contributed by atoms with Gasteiger partial charge in [-0.15, -0.1) is 6.42 Å². The SMILES string of the molecule is C#C[C@]1(COP(=O)(O)OP(=O)(O)OP(=O)(O)O)O[C@@H](n2cnc3c(N)nc(F)nc32)C[C@@H]1O.N.N.N.N. The van der Waals surface area contributed by atoms with Gasteiger partial charge in [0, 0.05) is 6.42 Å². The topological polar surface area (TPSA) is 399 Å². The Kier molecular flexibility index (Phi) is 12.8. The highest BCUT2D eigenvalue weighted by Crippen LogP contribution is 2.66. The average Bonchev–Trinajstić information content (AvgIpc) is 3.18. The third-order valence-corrected chi connectivity index (χ3v) is 7.93. The van der Waals surface area contributed by atoms with Crippen LogP contribution in [0.15, 0.2) is 6.33 Å². The Morgan fingerprint density at radius 3 is 2.30 bits per heavy atom. The summed E-state index contributed by atoms with van der Waals surface area (Å²) >= 11 is 0. The quantitative estimate of drug-likeness (QED) is 0.110. The van der Waals surface area contributed by atoms with E-state index in [9.17, 15) is 33.0 Å². The minimum absolute atomic E-state index is 0. The Balaban J connectivity index is 0. The van der Waals surface area contributed by atoms with Gasteiger partial charge in [-0.1, -0.05) is 5.92 Å². The van der Waals surface area contributed by atoms with Crippen LogP contribution in [0, 0.1) is 18.4 Å². The zero-order chi connectivity index (χ0) is 24.8. The van der Waals surface area contributed by atoms with Crippen LogP contribution in [0.5, 0.6) is 0 Å². The van der Waals surface area contributed by atoms with Crippen molar-refractivity contribution in [3.05, 3.63) is 12.4 Å². The second-order valence-electron chi connectivity index (χ2n) is 6.42. The molecule has 3 rings (SSSR count). The molecule has 0 amide bonds. The maximum absolute atomic E-state index is 13.6. The number of hydrogen-bond acceptors (Lipinski definition) is 16. The van der Waals surface area contributed by atoms with Crippen LogP contribution < -0.4 is 30.3 Å². The molecule has 0 aromatic carbocycles. The third kappa shape index (κ3) is 8.51. The summed E-state index contributed by atoms with van der Waals surface area (Å²) < 4.78 is 66.0. The van der Waals surface area contributed by atoms with E-state index in [1.807, 2.05) is 5.92 Å². The Hall–Kier alpha value is -1.99. The van der Waals surface area contributed by atoms with Gasteiger partial charge in [-0.2, -0.15) is 23.0 Å². The maximum Gasteiger partial charge on any atom is 0.490 e. The monoisotopic (exact) mass is 601 g/mol. The molecule has 1 saturated heterocycles. The standard InChI is InChI=1S/C12H15FN5O12P3.4H3N/c1-2-12(4-27-32(23,24)30-33(25,26)29-31(20,21)22)6(19)3-7(28-12)18-5-15-8-9(14)16-11(13)17-10(8)18;;;;/h1,5-7,19H,3-4H2,(H,23,24)(H,25,26)(H2,14,16,17)(H2,20,21,22);4*1H3/t6-,7+,12+;;;;/m0..../s1. The largest absolute Gasteiger partial charge is 0.490 e. The number of fused-ring (bicyclic) bond motifs is 1. The molecule has 2 aromatic heterocycles. The zero-order valence-corrected chi connectivity index (χ0v) is 21.4. The van der Waals surface area contributed by atoms with E-state index in [0.29, 0.717) is 0 Å². The van der Waals surface area contributed by atoms with Crippen LogP contribution in [0.25, 0.3) is 11.2 Å². The number of anilines is 1.